The first-order valence-electron chi connectivity index (χ1n) is 11.0. The number of aryl methyl sites for hydroxylation is 2. The van der Waals surface area contributed by atoms with E-state index in [2.05, 4.69) is 17.4 Å². The molecule has 0 radical (unpaired) electrons. The smallest absolute Gasteiger partial charge is 0.256 e. The summed E-state index contributed by atoms with van der Waals surface area (Å²) in [6.07, 6.45) is 1.52. The van der Waals surface area contributed by atoms with Gasteiger partial charge in [0, 0.05) is 18.7 Å². The number of methoxy groups -OCH3 is 1. The van der Waals surface area contributed by atoms with E-state index in [-0.39, 0.29) is 10.8 Å². The zero-order chi connectivity index (χ0) is 23.8. The third-order valence-corrected chi connectivity index (χ3v) is 7.60. The van der Waals surface area contributed by atoms with Gasteiger partial charge in [0.25, 0.3) is 5.91 Å². The van der Waals surface area contributed by atoms with Crippen LogP contribution in [0.4, 0.5) is 5.69 Å². The van der Waals surface area contributed by atoms with Crippen LogP contribution in [0.5, 0.6) is 5.75 Å². The van der Waals surface area contributed by atoms with Gasteiger partial charge < -0.3 is 10.1 Å². The molecule has 0 atom stereocenters. The van der Waals surface area contributed by atoms with Crippen molar-refractivity contribution in [2.75, 3.05) is 25.5 Å². The standard InChI is InChI=1S/C26H30N2O4S/c1-4-28(5-2)33(30,31)22-17-18-25(32-3)24(19-22)27-26(29)23-14-10-9-13-21(23)16-15-20-11-7-6-8-12-20/h6-14,17-19H,4-5,15-16H2,1-3H3,(H,27,29). The van der Waals surface area contributed by atoms with Gasteiger partial charge in [-0.2, -0.15) is 4.31 Å². The van der Waals surface area contributed by atoms with E-state index in [0.29, 0.717) is 36.5 Å². The molecule has 1 amide bonds. The largest absolute Gasteiger partial charge is 0.495 e. The second kappa shape index (κ2) is 11.1. The highest BCUT2D eigenvalue weighted by Gasteiger charge is 2.23. The van der Waals surface area contributed by atoms with E-state index in [1.165, 1.54) is 29.1 Å². The summed E-state index contributed by atoms with van der Waals surface area (Å²) in [6, 6.07) is 22.1. The van der Waals surface area contributed by atoms with Crippen molar-refractivity contribution in [2.45, 2.75) is 31.6 Å². The molecule has 0 saturated heterocycles. The van der Waals surface area contributed by atoms with Crippen LogP contribution in [-0.2, 0) is 22.9 Å². The number of nitrogens with zero attached hydrogens (tertiary/aromatic N) is 1. The van der Waals surface area contributed by atoms with Crippen molar-refractivity contribution in [2.24, 2.45) is 0 Å². The average Bonchev–Trinajstić information content (AvgIpc) is 2.84. The molecule has 0 saturated carbocycles. The summed E-state index contributed by atoms with van der Waals surface area (Å²) in [5.74, 6) is 0.0814. The topological polar surface area (TPSA) is 75.7 Å². The number of carbonyl (C=O) groups excluding carboxylic acids is 1. The Bertz CT molecular complexity index is 1190. The quantitative estimate of drug-likeness (QED) is 0.467. The Balaban J connectivity index is 1.87. The maximum Gasteiger partial charge on any atom is 0.256 e. The summed E-state index contributed by atoms with van der Waals surface area (Å²) >= 11 is 0. The first-order chi connectivity index (χ1) is 15.9. The minimum Gasteiger partial charge on any atom is -0.495 e. The molecular formula is C26H30N2O4S. The zero-order valence-corrected chi connectivity index (χ0v) is 20.1. The van der Waals surface area contributed by atoms with Gasteiger partial charge in [0.15, 0.2) is 0 Å². The minimum atomic E-state index is -3.67. The predicted octanol–water partition coefficient (Wildman–Crippen LogP) is 4.76. The fourth-order valence-electron chi connectivity index (χ4n) is 3.73. The van der Waals surface area contributed by atoms with E-state index >= 15 is 0 Å². The lowest BCUT2D eigenvalue weighted by Crippen LogP contribution is -2.30. The van der Waals surface area contributed by atoms with Crippen molar-refractivity contribution in [3.63, 3.8) is 0 Å². The lowest BCUT2D eigenvalue weighted by molar-refractivity contribution is 0.102. The van der Waals surface area contributed by atoms with Crippen LogP contribution in [0.3, 0.4) is 0 Å². The Labute approximate surface area is 196 Å². The lowest BCUT2D eigenvalue weighted by Gasteiger charge is -2.20. The summed E-state index contributed by atoms with van der Waals surface area (Å²) in [5, 5.41) is 2.86. The van der Waals surface area contributed by atoms with Gasteiger partial charge in [-0.3, -0.25) is 4.79 Å². The number of nitrogens with one attached hydrogen (secondary N) is 1. The number of amides is 1. The number of rotatable bonds is 10. The Morgan fingerprint density at radius 1 is 0.909 bits per heavy atom. The maximum atomic E-state index is 13.2. The Hall–Kier alpha value is -3.16. The third-order valence-electron chi connectivity index (χ3n) is 5.55. The molecule has 6 nitrogen and oxygen atoms in total. The summed E-state index contributed by atoms with van der Waals surface area (Å²) < 4.78 is 32.6. The Morgan fingerprint density at radius 3 is 2.24 bits per heavy atom. The number of sulfonamides is 1. The van der Waals surface area contributed by atoms with Crippen molar-refractivity contribution in [1.82, 2.24) is 4.31 Å². The summed E-state index contributed by atoms with van der Waals surface area (Å²) in [5.41, 5.74) is 2.98. The van der Waals surface area contributed by atoms with Crippen molar-refractivity contribution in [3.8, 4) is 5.75 Å². The van der Waals surface area contributed by atoms with Crippen LogP contribution in [0.25, 0.3) is 0 Å². The van der Waals surface area contributed by atoms with Crippen LogP contribution < -0.4 is 10.1 Å². The van der Waals surface area contributed by atoms with Gasteiger partial charge in [-0.25, -0.2) is 8.42 Å². The molecular weight excluding hydrogens is 436 g/mol. The molecule has 0 aliphatic carbocycles. The van der Waals surface area contributed by atoms with Crippen LogP contribution in [0.15, 0.2) is 77.7 Å². The van der Waals surface area contributed by atoms with Crippen LogP contribution in [-0.4, -0.2) is 38.8 Å². The third kappa shape index (κ3) is 5.80. The van der Waals surface area contributed by atoms with Crippen LogP contribution in [0.1, 0.15) is 35.3 Å². The highest BCUT2D eigenvalue weighted by atomic mass is 32.2. The molecule has 0 aliphatic heterocycles. The van der Waals surface area contributed by atoms with Crippen molar-refractivity contribution < 1.29 is 17.9 Å². The maximum absolute atomic E-state index is 13.2. The van der Waals surface area contributed by atoms with E-state index < -0.39 is 10.0 Å². The molecule has 0 spiro atoms. The van der Waals surface area contributed by atoms with Crippen LogP contribution in [0, 0.1) is 0 Å². The van der Waals surface area contributed by atoms with E-state index in [9.17, 15) is 13.2 Å². The molecule has 1 N–H and O–H groups in total. The number of hydrogen-bond acceptors (Lipinski definition) is 4. The molecule has 3 rings (SSSR count). The number of carbonyl (C=O) groups is 1. The fraction of sp³-hybridized carbons (Fsp3) is 0.269. The molecule has 0 heterocycles. The molecule has 3 aromatic rings. The van der Waals surface area contributed by atoms with Gasteiger partial charge in [-0.1, -0.05) is 62.4 Å². The second-order valence-electron chi connectivity index (χ2n) is 7.55. The molecule has 0 bridgehead atoms. The zero-order valence-electron chi connectivity index (χ0n) is 19.2. The molecule has 0 fully saturated rings. The molecule has 0 unspecified atom stereocenters. The van der Waals surface area contributed by atoms with Gasteiger partial charge in [-0.05, 0) is 48.2 Å². The normalized spacial score (nSPS) is 11.4. The highest BCUT2D eigenvalue weighted by molar-refractivity contribution is 7.89. The average molecular weight is 467 g/mol. The molecule has 0 aliphatic rings. The van der Waals surface area contributed by atoms with E-state index in [0.717, 1.165) is 12.0 Å². The predicted molar refractivity (Wildman–Crippen MR) is 131 cm³/mol. The van der Waals surface area contributed by atoms with Gasteiger partial charge in [0.1, 0.15) is 5.75 Å². The number of benzene rings is 3. The molecule has 3 aromatic carbocycles. The Morgan fingerprint density at radius 2 is 1.58 bits per heavy atom. The van der Waals surface area contributed by atoms with Crippen molar-refractivity contribution in [1.29, 1.82) is 0 Å². The molecule has 33 heavy (non-hydrogen) atoms. The fourth-order valence-corrected chi connectivity index (χ4v) is 5.22. The molecule has 0 aromatic heterocycles. The highest BCUT2D eigenvalue weighted by Crippen LogP contribution is 2.29. The first kappa shape index (κ1) is 24.5. The summed E-state index contributed by atoms with van der Waals surface area (Å²) in [4.78, 5) is 13.3. The Kier molecular flexibility index (Phi) is 8.25. The summed E-state index contributed by atoms with van der Waals surface area (Å²) in [7, 11) is -2.19. The van der Waals surface area contributed by atoms with E-state index in [1.54, 1.807) is 26.0 Å². The van der Waals surface area contributed by atoms with Crippen LogP contribution in [0.2, 0.25) is 0 Å². The number of hydrogen-bond donors (Lipinski definition) is 1. The van der Waals surface area contributed by atoms with Crippen molar-refractivity contribution in [3.05, 3.63) is 89.5 Å². The van der Waals surface area contributed by atoms with Gasteiger partial charge >= 0.3 is 0 Å². The second-order valence-corrected chi connectivity index (χ2v) is 9.49. The lowest BCUT2D eigenvalue weighted by atomic mass is 9.99. The van der Waals surface area contributed by atoms with Gasteiger partial charge in [0.05, 0.1) is 17.7 Å². The SMILES string of the molecule is CCN(CC)S(=O)(=O)c1ccc(OC)c(NC(=O)c2ccccc2CCc2ccccc2)c1. The molecule has 7 heteroatoms. The van der Waals surface area contributed by atoms with E-state index in [1.807, 2.05) is 36.4 Å². The summed E-state index contributed by atoms with van der Waals surface area (Å²) in [6.45, 7) is 4.31. The monoisotopic (exact) mass is 466 g/mol. The van der Waals surface area contributed by atoms with Gasteiger partial charge in [-0.15, -0.1) is 0 Å². The van der Waals surface area contributed by atoms with E-state index in [4.69, 9.17) is 4.74 Å². The number of anilines is 1. The minimum absolute atomic E-state index is 0.111. The van der Waals surface area contributed by atoms with Crippen molar-refractivity contribution >= 4 is 21.6 Å². The number of ether oxygens (including phenoxy) is 1. The van der Waals surface area contributed by atoms with Crippen LogP contribution >= 0.6 is 0 Å². The first-order valence-corrected chi connectivity index (χ1v) is 12.5. The van der Waals surface area contributed by atoms with Gasteiger partial charge in [0.2, 0.25) is 10.0 Å². The molecule has 174 valence electrons.